The maximum Gasteiger partial charge on any atom is 0.415 e. The molecule has 1 aliphatic heterocycles. The summed E-state index contributed by atoms with van der Waals surface area (Å²) in [6.07, 6.45) is 5.02. The molecule has 1 aromatic rings. The fourth-order valence-corrected chi connectivity index (χ4v) is 3.38. The van der Waals surface area contributed by atoms with E-state index in [1.165, 1.54) is 25.7 Å². The van der Waals surface area contributed by atoms with Crippen LogP contribution in [0.3, 0.4) is 0 Å². The van der Waals surface area contributed by atoms with Gasteiger partial charge in [0.05, 0.1) is 0 Å². The molecule has 1 heterocycles. The molecule has 0 spiro atoms. The third-order valence-electron chi connectivity index (χ3n) is 4.53. The molecular weight excluding hydrogens is 238 g/mol. The SMILES string of the molecule is Cc1ccccc1OC(=O)N1CC2CCCCC2C1. The number of hydrogen-bond donors (Lipinski definition) is 0. The van der Waals surface area contributed by atoms with Crippen LogP contribution < -0.4 is 4.74 Å². The quantitative estimate of drug-likeness (QED) is 0.771. The second-order valence-electron chi connectivity index (χ2n) is 5.84. The van der Waals surface area contributed by atoms with Gasteiger partial charge in [0.15, 0.2) is 0 Å². The van der Waals surface area contributed by atoms with Crippen molar-refractivity contribution in [2.75, 3.05) is 13.1 Å². The van der Waals surface area contributed by atoms with Gasteiger partial charge in [0.1, 0.15) is 5.75 Å². The standard InChI is InChI=1S/C16H21NO2/c1-12-6-2-5-9-15(12)19-16(18)17-10-13-7-3-4-8-14(13)11-17/h2,5-6,9,13-14H,3-4,7-8,10-11H2,1H3. The van der Waals surface area contributed by atoms with Crippen LogP contribution in [0, 0.1) is 18.8 Å². The molecule has 0 radical (unpaired) electrons. The van der Waals surface area contributed by atoms with Crippen LogP contribution in [-0.4, -0.2) is 24.1 Å². The number of aryl methyl sites for hydroxylation is 1. The number of fused-ring (bicyclic) bond motifs is 1. The maximum atomic E-state index is 12.2. The molecule has 2 unspecified atom stereocenters. The van der Waals surface area contributed by atoms with E-state index in [4.69, 9.17) is 4.74 Å². The van der Waals surface area contributed by atoms with Gasteiger partial charge >= 0.3 is 6.09 Å². The average molecular weight is 259 g/mol. The zero-order valence-electron chi connectivity index (χ0n) is 11.5. The summed E-state index contributed by atoms with van der Waals surface area (Å²) >= 11 is 0. The molecule has 3 rings (SSSR count). The lowest BCUT2D eigenvalue weighted by molar-refractivity contribution is 0.160. The zero-order valence-corrected chi connectivity index (χ0v) is 11.5. The summed E-state index contributed by atoms with van der Waals surface area (Å²) in [5.41, 5.74) is 1.01. The van der Waals surface area contributed by atoms with Gasteiger partial charge in [0.25, 0.3) is 0 Å². The van der Waals surface area contributed by atoms with Gasteiger partial charge in [-0.05, 0) is 43.2 Å². The molecular formula is C16H21NO2. The van der Waals surface area contributed by atoms with E-state index in [0.717, 1.165) is 18.7 Å². The highest BCUT2D eigenvalue weighted by Crippen LogP contribution is 2.36. The number of likely N-dealkylation sites (tertiary alicyclic amines) is 1. The Kier molecular flexibility index (Phi) is 3.45. The third kappa shape index (κ3) is 2.60. The van der Waals surface area contributed by atoms with Crippen LogP contribution in [0.5, 0.6) is 5.75 Å². The monoisotopic (exact) mass is 259 g/mol. The summed E-state index contributed by atoms with van der Waals surface area (Å²) in [5.74, 6) is 2.10. The second kappa shape index (κ2) is 5.24. The predicted molar refractivity (Wildman–Crippen MR) is 74.2 cm³/mol. The van der Waals surface area contributed by atoms with E-state index < -0.39 is 0 Å². The van der Waals surface area contributed by atoms with Crippen LogP contribution in [0.2, 0.25) is 0 Å². The Morgan fingerprint density at radius 2 is 1.79 bits per heavy atom. The summed E-state index contributed by atoms with van der Waals surface area (Å²) in [7, 11) is 0. The summed E-state index contributed by atoms with van der Waals surface area (Å²) in [5, 5.41) is 0. The number of hydrogen-bond acceptors (Lipinski definition) is 2. The molecule has 1 amide bonds. The molecule has 2 aliphatic rings. The zero-order chi connectivity index (χ0) is 13.2. The van der Waals surface area contributed by atoms with Crippen molar-refractivity contribution in [2.45, 2.75) is 32.6 Å². The fraction of sp³-hybridized carbons (Fsp3) is 0.562. The largest absolute Gasteiger partial charge is 0.415 e. The topological polar surface area (TPSA) is 29.5 Å². The lowest BCUT2D eigenvalue weighted by Gasteiger charge is -2.22. The van der Waals surface area contributed by atoms with E-state index in [9.17, 15) is 4.79 Å². The van der Waals surface area contributed by atoms with Gasteiger partial charge in [-0.1, -0.05) is 31.0 Å². The van der Waals surface area contributed by atoms with E-state index >= 15 is 0 Å². The first-order chi connectivity index (χ1) is 9.24. The van der Waals surface area contributed by atoms with Crippen LogP contribution >= 0.6 is 0 Å². The molecule has 1 aromatic carbocycles. The number of para-hydroxylation sites is 1. The number of nitrogens with zero attached hydrogens (tertiary/aromatic N) is 1. The van der Waals surface area contributed by atoms with Crippen molar-refractivity contribution in [1.29, 1.82) is 0 Å². The molecule has 0 bridgehead atoms. The third-order valence-corrected chi connectivity index (χ3v) is 4.53. The Bertz CT molecular complexity index is 458. The van der Waals surface area contributed by atoms with E-state index in [2.05, 4.69) is 0 Å². The molecule has 0 N–H and O–H groups in total. The van der Waals surface area contributed by atoms with Gasteiger partial charge in [0, 0.05) is 13.1 Å². The van der Waals surface area contributed by atoms with Gasteiger partial charge in [-0.25, -0.2) is 4.79 Å². The van der Waals surface area contributed by atoms with Crippen molar-refractivity contribution in [3.05, 3.63) is 29.8 Å². The summed E-state index contributed by atoms with van der Waals surface area (Å²) < 4.78 is 5.52. The van der Waals surface area contributed by atoms with Gasteiger partial charge in [-0.15, -0.1) is 0 Å². The highest BCUT2D eigenvalue weighted by Gasteiger charge is 2.37. The number of carbonyl (C=O) groups excluding carboxylic acids is 1. The lowest BCUT2D eigenvalue weighted by atomic mass is 9.82. The summed E-state index contributed by atoms with van der Waals surface area (Å²) in [6, 6.07) is 7.68. The van der Waals surface area contributed by atoms with Gasteiger partial charge in [-0.3, -0.25) is 0 Å². The Morgan fingerprint density at radius 3 is 2.42 bits per heavy atom. The number of benzene rings is 1. The Hall–Kier alpha value is -1.51. The minimum Gasteiger partial charge on any atom is -0.410 e. The lowest BCUT2D eigenvalue weighted by Crippen LogP contribution is -2.31. The Labute approximate surface area is 114 Å². The minimum atomic E-state index is -0.177. The smallest absolute Gasteiger partial charge is 0.410 e. The predicted octanol–water partition coefficient (Wildman–Crippen LogP) is 3.62. The molecule has 3 nitrogen and oxygen atoms in total. The highest BCUT2D eigenvalue weighted by atomic mass is 16.6. The molecule has 0 aromatic heterocycles. The van der Waals surface area contributed by atoms with Gasteiger partial charge in [-0.2, -0.15) is 0 Å². The molecule has 2 fully saturated rings. The first-order valence-corrected chi connectivity index (χ1v) is 7.26. The van der Waals surface area contributed by atoms with Crippen LogP contribution in [0.15, 0.2) is 24.3 Å². The fourth-order valence-electron chi connectivity index (χ4n) is 3.38. The molecule has 1 aliphatic carbocycles. The van der Waals surface area contributed by atoms with Crippen molar-refractivity contribution in [3.63, 3.8) is 0 Å². The van der Waals surface area contributed by atoms with Crippen LogP contribution in [0.25, 0.3) is 0 Å². The number of amides is 1. The summed E-state index contributed by atoms with van der Waals surface area (Å²) in [6.45, 7) is 3.73. The average Bonchev–Trinajstić information content (AvgIpc) is 2.85. The van der Waals surface area contributed by atoms with E-state index in [1.807, 2.05) is 36.1 Å². The minimum absolute atomic E-state index is 0.177. The van der Waals surface area contributed by atoms with Crippen molar-refractivity contribution in [3.8, 4) is 5.75 Å². The molecule has 19 heavy (non-hydrogen) atoms. The van der Waals surface area contributed by atoms with Gasteiger partial charge in [0.2, 0.25) is 0 Å². The second-order valence-corrected chi connectivity index (χ2v) is 5.84. The first-order valence-electron chi connectivity index (χ1n) is 7.26. The normalized spacial score (nSPS) is 26.1. The van der Waals surface area contributed by atoms with E-state index in [0.29, 0.717) is 17.6 Å². The van der Waals surface area contributed by atoms with Crippen molar-refractivity contribution in [2.24, 2.45) is 11.8 Å². The number of rotatable bonds is 1. The first kappa shape index (κ1) is 12.5. The molecule has 1 saturated heterocycles. The molecule has 2 atom stereocenters. The molecule has 102 valence electrons. The molecule has 1 saturated carbocycles. The Balaban J connectivity index is 1.64. The van der Waals surface area contributed by atoms with Crippen molar-refractivity contribution >= 4 is 6.09 Å². The van der Waals surface area contributed by atoms with Crippen molar-refractivity contribution < 1.29 is 9.53 Å². The molecule has 3 heteroatoms. The van der Waals surface area contributed by atoms with Gasteiger partial charge < -0.3 is 9.64 Å². The Morgan fingerprint density at radius 1 is 1.16 bits per heavy atom. The van der Waals surface area contributed by atoms with Crippen molar-refractivity contribution in [1.82, 2.24) is 4.90 Å². The number of carbonyl (C=O) groups is 1. The van der Waals surface area contributed by atoms with Crippen LogP contribution in [0.1, 0.15) is 31.2 Å². The maximum absolute atomic E-state index is 12.2. The highest BCUT2D eigenvalue weighted by molar-refractivity contribution is 5.71. The number of ether oxygens (including phenoxy) is 1. The van der Waals surface area contributed by atoms with Crippen LogP contribution in [0.4, 0.5) is 4.79 Å². The summed E-state index contributed by atoms with van der Waals surface area (Å²) in [4.78, 5) is 14.1. The van der Waals surface area contributed by atoms with Crippen LogP contribution in [-0.2, 0) is 0 Å². The van der Waals surface area contributed by atoms with E-state index in [-0.39, 0.29) is 6.09 Å². The van der Waals surface area contributed by atoms with E-state index in [1.54, 1.807) is 0 Å².